The van der Waals surface area contributed by atoms with E-state index in [-0.39, 0.29) is 24.1 Å². The number of rotatable bonds is 9. The molecule has 5 rings (SSSR count). The number of halogens is 3. The summed E-state index contributed by atoms with van der Waals surface area (Å²) in [5.41, 5.74) is 3.63. The van der Waals surface area contributed by atoms with E-state index in [0.717, 1.165) is 30.6 Å². The highest BCUT2D eigenvalue weighted by Gasteiger charge is 2.33. The first-order valence-electron chi connectivity index (χ1n) is 13.9. The second kappa shape index (κ2) is 14.1. The molecule has 0 aliphatic heterocycles. The number of carbonyl (C=O) groups is 2. The summed E-state index contributed by atoms with van der Waals surface area (Å²) in [6.07, 6.45) is 2.82. The first-order chi connectivity index (χ1) is 21.3. The molecule has 226 valence electrons. The van der Waals surface area contributed by atoms with Crippen LogP contribution in [0.1, 0.15) is 64.9 Å². The number of benzene rings is 3. The number of nitrogens with one attached hydrogen (secondary N) is 2. The van der Waals surface area contributed by atoms with Crippen molar-refractivity contribution in [2.45, 2.75) is 38.7 Å². The fourth-order valence-electron chi connectivity index (χ4n) is 4.45. The van der Waals surface area contributed by atoms with E-state index in [1.165, 1.54) is 13.2 Å². The van der Waals surface area contributed by atoms with E-state index in [9.17, 15) is 9.59 Å². The molecule has 1 aromatic heterocycles. The van der Waals surface area contributed by atoms with Crippen LogP contribution in [-0.2, 0) is 11.3 Å². The van der Waals surface area contributed by atoms with Crippen LogP contribution in [0.3, 0.4) is 0 Å². The van der Waals surface area contributed by atoms with E-state index < -0.39 is 5.97 Å². The van der Waals surface area contributed by atoms with Crippen LogP contribution < -0.4 is 15.4 Å². The van der Waals surface area contributed by atoms with Crippen molar-refractivity contribution in [3.05, 3.63) is 97.7 Å². The number of ether oxygens (including phenoxy) is 2. The van der Waals surface area contributed by atoms with Gasteiger partial charge in [0, 0.05) is 40.9 Å². The van der Waals surface area contributed by atoms with E-state index in [4.69, 9.17) is 48.8 Å². The standard InChI is InChI=1S/C33H28Cl3N3O5/c1-3-13-37-33(41)38-23-15-19(14-22(16-23)32(40)42-2)7-8-20-11-12-24(17-28(20)36)43-18-25-30(39-44-31(25)21-9-10-21)29-26(34)5-4-6-27(29)35/h4-6,11-12,14-17,21H,3,9-10,13,18H2,1-2H3,(H2,37,38,41). The molecule has 0 unspecified atom stereocenters. The lowest BCUT2D eigenvalue weighted by Crippen LogP contribution is -2.29. The normalized spacial score (nSPS) is 12.2. The highest BCUT2D eigenvalue weighted by atomic mass is 35.5. The molecule has 2 N–H and O–H groups in total. The number of esters is 1. The SMILES string of the molecule is CCCNC(=O)Nc1cc(C#Cc2ccc(OCc3c(-c4c(Cl)cccc4Cl)noc3C3CC3)cc2Cl)cc(C(=O)OC)c1. The number of hydrogen-bond acceptors (Lipinski definition) is 6. The molecule has 4 aromatic rings. The van der Waals surface area contributed by atoms with Crippen LogP contribution in [0.4, 0.5) is 10.5 Å². The van der Waals surface area contributed by atoms with E-state index in [0.29, 0.717) is 55.4 Å². The molecule has 2 amide bonds. The van der Waals surface area contributed by atoms with E-state index in [1.54, 1.807) is 48.5 Å². The third kappa shape index (κ3) is 7.48. The number of methoxy groups -OCH3 is 1. The topological polar surface area (TPSA) is 103 Å². The number of nitrogens with zero attached hydrogens (tertiary/aromatic N) is 1. The number of anilines is 1. The zero-order valence-electron chi connectivity index (χ0n) is 23.9. The third-order valence-corrected chi connectivity index (χ3v) is 7.72. The Kier molecular flexibility index (Phi) is 10.0. The van der Waals surface area contributed by atoms with Crippen molar-refractivity contribution in [2.75, 3.05) is 19.0 Å². The molecule has 1 aliphatic rings. The van der Waals surface area contributed by atoms with Gasteiger partial charge in [-0.1, -0.05) is 64.8 Å². The van der Waals surface area contributed by atoms with Crippen LogP contribution in [0, 0.1) is 11.8 Å². The van der Waals surface area contributed by atoms with Gasteiger partial charge in [0.25, 0.3) is 0 Å². The minimum Gasteiger partial charge on any atom is -0.489 e. The lowest BCUT2D eigenvalue weighted by atomic mass is 10.0. The molecule has 0 atom stereocenters. The van der Waals surface area contributed by atoms with Gasteiger partial charge in [-0.05, 0) is 61.7 Å². The highest BCUT2D eigenvalue weighted by Crippen LogP contribution is 2.46. The molecule has 1 heterocycles. The van der Waals surface area contributed by atoms with Crippen molar-refractivity contribution < 1.29 is 23.6 Å². The van der Waals surface area contributed by atoms with Crippen molar-refractivity contribution >= 4 is 52.5 Å². The highest BCUT2D eigenvalue weighted by molar-refractivity contribution is 6.39. The van der Waals surface area contributed by atoms with Crippen molar-refractivity contribution in [1.29, 1.82) is 0 Å². The van der Waals surface area contributed by atoms with Gasteiger partial charge in [0.1, 0.15) is 23.8 Å². The van der Waals surface area contributed by atoms with Crippen LogP contribution >= 0.6 is 34.8 Å². The lowest BCUT2D eigenvalue weighted by Gasteiger charge is -2.10. The molecule has 44 heavy (non-hydrogen) atoms. The van der Waals surface area contributed by atoms with Crippen LogP contribution in [0.2, 0.25) is 15.1 Å². The van der Waals surface area contributed by atoms with E-state index >= 15 is 0 Å². The van der Waals surface area contributed by atoms with Crippen molar-refractivity contribution in [2.24, 2.45) is 0 Å². The molecule has 1 aliphatic carbocycles. The van der Waals surface area contributed by atoms with Crippen molar-refractivity contribution in [3.8, 4) is 28.8 Å². The molecule has 3 aromatic carbocycles. The van der Waals surface area contributed by atoms with Gasteiger partial charge in [0.2, 0.25) is 0 Å². The second-order valence-corrected chi connectivity index (χ2v) is 11.3. The molecule has 1 fully saturated rings. The molecular formula is C33H28Cl3N3O5. The summed E-state index contributed by atoms with van der Waals surface area (Å²) >= 11 is 19.5. The van der Waals surface area contributed by atoms with Gasteiger partial charge in [-0.3, -0.25) is 0 Å². The van der Waals surface area contributed by atoms with E-state index in [1.807, 2.05) is 6.92 Å². The summed E-state index contributed by atoms with van der Waals surface area (Å²) in [4.78, 5) is 24.4. The Morgan fingerprint density at radius 3 is 2.48 bits per heavy atom. The average molecular weight is 653 g/mol. The summed E-state index contributed by atoms with van der Waals surface area (Å²) < 4.78 is 16.7. The molecule has 8 nitrogen and oxygen atoms in total. The van der Waals surface area contributed by atoms with Gasteiger partial charge < -0.3 is 24.6 Å². The number of amides is 2. The first kappa shape index (κ1) is 31.3. The lowest BCUT2D eigenvalue weighted by molar-refractivity contribution is 0.0600. The Bertz CT molecular complexity index is 1750. The number of carbonyl (C=O) groups excluding carboxylic acids is 2. The second-order valence-electron chi connectivity index (χ2n) is 10.1. The minimum atomic E-state index is -0.553. The number of aromatic nitrogens is 1. The van der Waals surface area contributed by atoms with Crippen LogP contribution in [-0.4, -0.2) is 30.8 Å². The maximum absolute atomic E-state index is 12.2. The van der Waals surface area contributed by atoms with Crippen molar-refractivity contribution in [1.82, 2.24) is 10.5 Å². The fraction of sp³-hybridized carbons (Fsp3) is 0.242. The van der Waals surface area contributed by atoms with Crippen LogP contribution in [0.5, 0.6) is 5.75 Å². The molecule has 11 heteroatoms. The van der Waals surface area contributed by atoms with Gasteiger partial charge >= 0.3 is 12.0 Å². The fourth-order valence-corrected chi connectivity index (χ4v) is 5.25. The molecule has 0 spiro atoms. The maximum atomic E-state index is 12.2. The Morgan fingerprint density at radius 1 is 1.02 bits per heavy atom. The summed E-state index contributed by atoms with van der Waals surface area (Å²) in [7, 11) is 1.29. The summed E-state index contributed by atoms with van der Waals surface area (Å²) in [5, 5.41) is 11.1. The summed E-state index contributed by atoms with van der Waals surface area (Å²) in [6.45, 7) is 2.65. The zero-order valence-corrected chi connectivity index (χ0v) is 26.2. The van der Waals surface area contributed by atoms with Gasteiger partial charge in [-0.25, -0.2) is 9.59 Å². The summed E-state index contributed by atoms with van der Waals surface area (Å²) in [6, 6.07) is 14.9. The molecule has 0 saturated heterocycles. The third-order valence-electron chi connectivity index (χ3n) is 6.78. The van der Waals surface area contributed by atoms with Gasteiger partial charge in [-0.15, -0.1) is 0 Å². The van der Waals surface area contributed by atoms with Gasteiger partial charge in [0.15, 0.2) is 0 Å². The summed E-state index contributed by atoms with van der Waals surface area (Å²) in [5.74, 6) is 7.08. The molecule has 0 bridgehead atoms. The van der Waals surface area contributed by atoms with Crippen LogP contribution in [0.25, 0.3) is 11.3 Å². The number of urea groups is 1. The number of hydrogen-bond donors (Lipinski definition) is 2. The Balaban J connectivity index is 1.35. The predicted octanol–water partition coefficient (Wildman–Crippen LogP) is 8.48. The smallest absolute Gasteiger partial charge is 0.337 e. The molecule has 0 radical (unpaired) electrons. The predicted molar refractivity (Wildman–Crippen MR) is 171 cm³/mol. The molecular weight excluding hydrogens is 625 g/mol. The Labute approximate surface area is 270 Å². The van der Waals surface area contributed by atoms with E-state index in [2.05, 4.69) is 27.6 Å². The Morgan fingerprint density at radius 2 is 1.80 bits per heavy atom. The zero-order chi connectivity index (χ0) is 31.2. The average Bonchev–Trinajstić information content (AvgIpc) is 3.77. The van der Waals surface area contributed by atoms with Crippen LogP contribution in [0.15, 0.2) is 59.1 Å². The van der Waals surface area contributed by atoms with Crippen molar-refractivity contribution in [3.63, 3.8) is 0 Å². The largest absolute Gasteiger partial charge is 0.489 e. The van der Waals surface area contributed by atoms with Gasteiger partial charge in [-0.2, -0.15) is 0 Å². The monoisotopic (exact) mass is 651 g/mol. The minimum absolute atomic E-state index is 0.176. The maximum Gasteiger partial charge on any atom is 0.337 e. The molecule has 1 saturated carbocycles. The first-order valence-corrected chi connectivity index (χ1v) is 15.1. The Hall–Kier alpha value is -4.16. The quantitative estimate of drug-likeness (QED) is 0.139. The van der Waals surface area contributed by atoms with Gasteiger partial charge in [0.05, 0.1) is 33.3 Å².